The van der Waals surface area contributed by atoms with Crippen molar-refractivity contribution in [1.29, 1.82) is 0 Å². The lowest BCUT2D eigenvalue weighted by atomic mass is 9.69. The minimum absolute atomic E-state index is 0.204. The van der Waals surface area contributed by atoms with Crippen LogP contribution in [0.2, 0.25) is 0 Å². The van der Waals surface area contributed by atoms with E-state index in [1.165, 1.54) is 44.9 Å². The summed E-state index contributed by atoms with van der Waals surface area (Å²) in [6.45, 7) is 10.4. The lowest BCUT2D eigenvalue weighted by Crippen LogP contribution is -2.41. The maximum absolute atomic E-state index is 6.28. The molecule has 0 saturated heterocycles. The summed E-state index contributed by atoms with van der Waals surface area (Å²) in [4.78, 5) is 0. The van der Waals surface area contributed by atoms with E-state index >= 15 is 0 Å². The van der Waals surface area contributed by atoms with E-state index in [2.05, 4.69) is 50.3 Å². The van der Waals surface area contributed by atoms with Gasteiger partial charge >= 0.3 is 0 Å². The smallest absolute Gasteiger partial charge is 0.0771 e. The van der Waals surface area contributed by atoms with Crippen LogP contribution in [0.25, 0.3) is 0 Å². The Balaban J connectivity index is 2.40. The zero-order valence-corrected chi connectivity index (χ0v) is 14.9. The molecule has 18 heavy (non-hydrogen) atoms. The van der Waals surface area contributed by atoms with E-state index < -0.39 is 0 Å². The van der Waals surface area contributed by atoms with E-state index in [0.717, 1.165) is 17.0 Å². The first-order chi connectivity index (χ1) is 8.43. The van der Waals surface area contributed by atoms with Gasteiger partial charge in [-0.2, -0.15) is 0 Å². The normalized spacial score (nSPS) is 29.5. The molecule has 0 bridgehead atoms. The van der Waals surface area contributed by atoms with Gasteiger partial charge in [0, 0.05) is 11.0 Å². The Kier molecular flexibility index (Phi) is 6.95. The molecule has 0 aromatic rings. The highest BCUT2D eigenvalue weighted by molar-refractivity contribution is 14.1. The number of halogens is 1. The highest BCUT2D eigenvalue weighted by Gasteiger charge is 2.38. The maximum Gasteiger partial charge on any atom is 0.0771 e. The molecular weight excluding hydrogens is 335 g/mol. The zero-order valence-electron chi connectivity index (χ0n) is 12.7. The molecule has 1 aliphatic rings. The van der Waals surface area contributed by atoms with Crippen LogP contribution in [-0.2, 0) is 4.74 Å². The van der Waals surface area contributed by atoms with Crippen LogP contribution in [0.15, 0.2) is 0 Å². The minimum Gasteiger partial charge on any atom is -0.374 e. The zero-order chi connectivity index (χ0) is 13.6. The summed E-state index contributed by atoms with van der Waals surface area (Å²) in [6, 6.07) is 0. The summed E-state index contributed by atoms with van der Waals surface area (Å²) >= 11 is 2.52. The number of rotatable bonds is 6. The molecule has 1 aliphatic carbocycles. The van der Waals surface area contributed by atoms with Gasteiger partial charge in [-0.3, -0.25) is 0 Å². The molecule has 2 heteroatoms. The average Bonchev–Trinajstić information content (AvgIpc) is 2.34. The molecule has 0 heterocycles. The molecule has 0 N–H and O–H groups in total. The summed E-state index contributed by atoms with van der Waals surface area (Å²) in [5.74, 6) is 0.882. The topological polar surface area (TPSA) is 9.23 Å². The third-order valence-corrected chi connectivity index (χ3v) is 5.91. The van der Waals surface area contributed by atoms with Crippen molar-refractivity contribution in [2.75, 3.05) is 11.0 Å². The summed E-state index contributed by atoms with van der Waals surface area (Å²) < 4.78 is 7.44. The molecule has 108 valence electrons. The first-order valence-electron chi connectivity index (χ1n) is 7.63. The Morgan fingerprint density at radius 2 is 1.78 bits per heavy atom. The van der Waals surface area contributed by atoms with Crippen molar-refractivity contribution >= 4 is 22.6 Å². The van der Waals surface area contributed by atoms with Crippen LogP contribution >= 0.6 is 22.6 Å². The highest BCUT2D eigenvalue weighted by atomic mass is 127. The Labute approximate surface area is 128 Å². The minimum atomic E-state index is 0.204. The van der Waals surface area contributed by atoms with Gasteiger partial charge in [0.15, 0.2) is 0 Å². The standard InChI is InChI=1S/C16H31IO/c1-5-6-7-12-18-16(13-17)10-8-14(9-11-16)15(2,3)4/h14H,5-13H2,1-4H3. The fourth-order valence-corrected chi connectivity index (χ4v) is 3.95. The Morgan fingerprint density at radius 1 is 1.17 bits per heavy atom. The Morgan fingerprint density at radius 3 is 2.22 bits per heavy atom. The highest BCUT2D eigenvalue weighted by Crippen LogP contribution is 2.43. The average molecular weight is 366 g/mol. The fraction of sp³-hybridized carbons (Fsp3) is 1.00. The van der Waals surface area contributed by atoms with Gasteiger partial charge in [0.05, 0.1) is 5.60 Å². The van der Waals surface area contributed by atoms with E-state index in [-0.39, 0.29) is 5.60 Å². The first kappa shape index (κ1) is 16.7. The summed E-state index contributed by atoms with van der Waals surface area (Å²) in [5, 5.41) is 0. The number of ether oxygens (including phenoxy) is 1. The number of alkyl halides is 1. The number of hydrogen-bond donors (Lipinski definition) is 0. The van der Waals surface area contributed by atoms with Gasteiger partial charge in [-0.25, -0.2) is 0 Å². The lowest BCUT2D eigenvalue weighted by molar-refractivity contribution is -0.0688. The summed E-state index contributed by atoms with van der Waals surface area (Å²) in [6.07, 6.45) is 9.06. The molecule has 1 rings (SSSR count). The van der Waals surface area contributed by atoms with Crippen molar-refractivity contribution in [3.05, 3.63) is 0 Å². The van der Waals surface area contributed by atoms with Crippen LogP contribution in [0.1, 0.15) is 72.6 Å². The number of hydrogen-bond acceptors (Lipinski definition) is 1. The van der Waals surface area contributed by atoms with Crippen LogP contribution in [0.5, 0.6) is 0 Å². The summed E-state index contributed by atoms with van der Waals surface area (Å²) in [5.41, 5.74) is 0.676. The summed E-state index contributed by atoms with van der Waals surface area (Å²) in [7, 11) is 0. The predicted molar refractivity (Wildman–Crippen MR) is 88.5 cm³/mol. The van der Waals surface area contributed by atoms with Crippen LogP contribution < -0.4 is 0 Å². The van der Waals surface area contributed by atoms with E-state index in [4.69, 9.17) is 4.74 Å². The second kappa shape index (κ2) is 7.47. The van der Waals surface area contributed by atoms with Gasteiger partial charge < -0.3 is 4.74 Å². The molecular formula is C16H31IO. The Bertz CT molecular complexity index is 224. The number of unbranched alkanes of at least 4 members (excludes halogenated alkanes) is 2. The van der Waals surface area contributed by atoms with Crippen molar-refractivity contribution in [3.63, 3.8) is 0 Å². The molecule has 0 atom stereocenters. The largest absolute Gasteiger partial charge is 0.374 e. The molecule has 1 saturated carbocycles. The maximum atomic E-state index is 6.28. The van der Waals surface area contributed by atoms with Gasteiger partial charge in [0.1, 0.15) is 0 Å². The lowest BCUT2D eigenvalue weighted by Gasteiger charge is -2.43. The van der Waals surface area contributed by atoms with Crippen molar-refractivity contribution in [2.45, 2.75) is 78.2 Å². The van der Waals surface area contributed by atoms with Crippen molar-refractivity contribution < 1.29 is 4.74 Å². The third kappa shape index (κ3) is 4.99. The van der Waals surface area contributed by atoms with Gasteiger partial charge in [0.2, 0.25) is 0 Å². The van der Waals surface area contributed by atoms with E-state index in [1.54, 1.807) is 0 Å². The first-order valence-corrected chi connectivity index (χ1v) is 9.16. The second-order valence-electron chi connectivity index (χ2n) is 7.01. The van der Waals surface area contributed by atoms with Crippen LogP contribution in [-0.4, -0.2) is 16.6 Å². The molecule has 0 radical (unpaired) electrons. The van der Waals surface area contributed by atoms with Crippen LogP contribution in [0, 0.1) is 11.3 Å². The monoisotopic (exact) mass is 366 g/mol. The van der Waals surface area contributed by atoms with Gasteiger partial charge in [-0.15, -0.1) is 0 Å². The molecule has 0 unspecified atom stereocenters. The molecule has 0 aliphatic heterocycles. The SMILES string of the molecule is CCCCCOC1(CI)CCC(C(C)(C)C)CC1. The van der Waals surface area contributed by atoms with Crippen molar-refractivity contribution in [3.8, 4) is 0 Å². The molecule has 0 aromatic heterocycles. The third-order valence-electron chi connectivity index (χ3n) is 4.52. The van der Waals surface area contributed by atoms with Crippen molar-refractivity contribution in [2.24, 2.45) is 11.3 Å². The van der Waals surface area contributed by atoms with Gasteiger partial charge in [0.25, 0.3) is 0 Å². The quantitative estimate of drug-likeness (QED) is 0.338. The van der Waals surface area contributed by atoms with E-state index in [0.29, 0.717) is 5.41 Å². The molecule has 0 aromatic carbocycles. The molecule has 1 nitrogen and oxygen atoms in total. The van der Waals surface area contributed by atoms with E-state index in [9.17, 15) is 0 Å². The van der Waals surface area contributed by atoms with Gasteiger partial charge in [-0.05, 0) is 43.4 Å². The van der Waals surface area contributed by atoms with Crippen molar-refractivity contribution in [1.82, 2.24) is 0 Å². The fourth-order valence-electron chi connectivity index (χ4n) is 2.97. The molecule has 0 amide bonds. The molecule has 1 fully saturated rings. The van der Waals surface area contributed by atoms with E-state index in [1.807, 2.05) is 0 Å². The predicted octanol–water partition coefficient (Wildman–Crippen LogP) is 5.60. The van der Waals surface area contributed by atoms with Crippen LogP contribution in [0.4, 0.5) is 0 Å². The second-order valence-corrected chi connectivity index (χ2v) is 7.78. The molecule has 0 spiro atoms. The Hall–Kier alpha value is 0.690. The van der Waals surface area contributed by atoms with Gasteiger partial charge in [-0.1, -0.05) is 63.1 Å². The van der Waals surface area contributed by atoms with Crippen LogP contribution in [0.3, 0.4) is 0 Å².